The minimum atomic E-state index is 1.10. The average Bonchev–Trinajstić information content (AvgIpc) is 3.20. The summed E-state index contributed by atoms with van der Waals surface area (Å²) in [6, 6.07) is 38.8. The number of thiophene rings is 1. The van der Waals surface area contributed by atoms with E-state index in [0.29, 0.717) is 0 Å². The zero-order valence-corrected chi connectivity index (χ0v) is 17.1. The molecule has 0 aliphatic carbocycles. The number of hydrogen-bond donors (Lipinski definition) is 1. The zero-order chi connectivity index (χ0) is 19.9. The summed E-state index contributed by atoms with van der Waals surface area (Å²) in [4.78, 5) is 0. The highest BCUT2D eigenvalue weighted by molar-refractivity contribution is 7.26. The van der Waals surface area contributed by atoms with Crippen LogP contribution in [-0.2, 0) is 0 Å². The summed E-state index contributed by atoms with van der Waals surface area (Å²) < 4.78 is 2.63. The van der Waals surface area contributed by atoms with Crippen molar-refractivity contribution >= 4 is 53.7 Å². The molecule has 6 rings (SSSR count). The molecule has 0 atom stereocenters. The maximum Gasteiger partial charge on any atom is 0.0596 e. The molecule has 0 fully saturated rings. The summed E-state index contributed by atoms with van der Waals surface area (Å²) in [6.07, 6.45) is 0. The molecule has 0 radical (unpaired) electrons. The lowest BCUT2D eigenvalue weighted by molar-refractivity contribution is 1.57. The van der Waals surface area contributed by atoms with Crippen molar-refractivity contribution in [3.63, 3.8) is 0 Å². The molecule has 5 aromatic carbocycles. The van der Waals surface area contributed by atoms with E-state index in [1.807, 2.05) is 11.3 Å². The minimum Gasteiger partial charge on any atom is -0.354 e. The Kier molecular flexibility index (Phi) is 4.03. The van der Waals surface area contributed by atoms with Crippen molar-refractivity contribution in [3.8, 4) is 11.1 Å². The lowest BCUT2D eigenvalue weighted by Gasteiger charge is -2.12. The molecule has 0 unspecified atom stereocenters. The molecule has 1 aromatic heterocycles. The Bertz CT molecular complexity index is 1510. The van der Waals surface area contributed by atoms with E-state index >= 15 is 0 Å². The third-order valence-electron chi connectivity index (χ3n) is 5.62. The van der Waals surface area contributed by atoms with Crippen LogP contribution in [0.5, 0.6) is 0 Å². The Morgan fingerprint density at radius 2 is 1.30 bits per heavy atom. The van der Waals surface area contributed by atoms with Crippen LogP contribution in [0.2, 0.25) is 0 Å². The fourth-order valence-corrected chi connectivity index (χ4v) is 5.42. The van der Waals surface area contributed by atoms with Crippen LogP contribution < -0.4 is 5.32 Å². The maximum atomic E-state index is 3.72. The van der Waals surface area contributed by atoms with Crippen LogP contribution >= 0.6 is 11.3 Å². The predicted molar refractivity (Wildman–Crippen MR) is 132 cm³/mol. The van der Waals surface area contributed by atoms with E-state index in [4.69, 9.17) is 0 Å². The third-order valence-corrected chi connectivity index (χ3v) is 6.82. The molecule has 0 aliphatic heterocycles. The van der Waals surface area contributed by atoms with Crippen LogP contribution in [-0.4, -0.2) is 0 Å². The summed E-state index contributed by atoms with van der Waals surface area (Å²) >= 11 is 1.86. The second-order valence-electron chi connectivity index (χ2n) is 7.52. The summed E-state index contributed by atoms with van der Waals surface area (Å²) in [6.45, 7) is 0. The summed E-state index contributed by atoms with van der Waals surface area (Å²) in [5.74, 6) is 0. The van der Waals surface area contributed by atoms with Crippen molar-refractivity contribution in [2.45, 2.75) is 0 Å². The van der Waals surface area contributed by atoms with Crippen LogP contribution in [0, 0.1) is 0 Å². The average molecular weight is 402 g/mol. The van der Waals surface area contributed by atoms with E-state index in [9.17, 15) is 0 Å². The van der Waals surface area contributed by atoms with Gasteiger partial charge in [-0.2, -0.15) is 0 Å². The minimum absolute atomic E-state index is 1.10. The third kappa shape index (κ3) is 2.85. The van der Waals surface area contributed by atoms with Gasteiger partial charge in [-0.1, -0.05) is 84.9 Å². The second-order valence-corrected chi connectivity index (χ2v) is 8.57. The van der Waals surface area contributed by atoms with Gasteiger partial charge in [0, 0.05) is 21.2 Å². The van der Waals surface area contributed by atoms with Crippen molar-refractivity contribution in [2.24, 2.45) is 0 Å². The maximum absolute atomic E-state index is 3.72. The molecule has 0 spiro atoms. The molecule has 0 amide bonds. The fourth-order valence-electron chi connectivity index (χ4n) is 4.23. The van der Waals surface area contributed by atoms with Crippen LogP contribution in [0.1, 0.15) is 0 Å². The molecule has 1 nitrogen and oxygen atoms in total. The van der Waals surface area contributed by atoms with E-state index in [1.54, 1.807) is 0 Å². The highest BCUT2D eigenvalue weighted by Gasteiger charge is 2.13. The Morgan fingerprint density at radius 3 is 2.20 bits per heavy atom. The molecule has 0 bridgehead atoms. The van der Waals surface area contributed by atoms with Gasteiger partial charge in [-0.3, -0.25) is 0 Å². The summed E-state index contributed by atoms with van der Waals surface area (Å²) in [5, 5.41) is 8.97. The van der Waals surface area contributed by atoms with E-state index < -0.39 is 0 Å². The molecule has 0 saturated carbocycles. The first-order valence-corrected chi connectivity index (χ1v) is 10.9. The van der Waals surface area contributed by atoms with Gasteiger partial charge in [-0.05, 0) is 46.2 Å². The van der Waals surface area contributed by atoms with E-state index in [-0.39, 0.29) is 0 Å². The van der Waals surface area contributed by atoms with E-state index in [1.165, 1.54) is 42.1 Å². The van der Waals surface area contributed by atoms with Gasteiger partial charge >= 0.3 is 0 Å². The van der Waals surface area contributed by atoms with E-state index in [2.05, 4.69) is 115 Å². The molecule has 1 N–H and O–H groups in total. The van der Waals surface area contributed by atoms with Crippen molar-refractivity contribution in [2.75, 3.05) is 5.32 Å². The van der Waals surface area contributed by atoms with Crippen LogP contribution in [0.25, 0.3) is 42.1 Å². The fraction of sp³-hybridized carbons (Fsp3) is 0. The molecular weight excluding hydrogens is 382 g/mol. The normalized spacial score (nSPS) is 11.3. The number of anilines is 2. The summed E-state index contributed by atoms with van der Waals surface area (Å²) in [5.41, 5.74) is 4.71. The Morgan fingerprint density at radius 1 is 0.567 bits per heavy atom. The van der Waals surface area contributed by atoms with Crippen LogP contribution in [0.3, 0.4) is 0 Å². The van der Waals surface area contributed by atoms with Crippen molar-refractivity contribution < 1.29 is 0 Å². The molecule has 0 aliphatic rings. The molecule has 6 aromatic rings. The monoisotopic (exact) mass is 401 g/mol. The smallest absolute Gasteiger partial charge is 0.0596 e. The largest absolute Gasteiger partial charge is 0.354 e. The number of hydrogen-bond acceptors (Lipinski definition) is 2. The van der Waals surface area contributed by atoms with Crippen LogP contribution in [0.15, 0.2) is 109 Å². The molecule has 2 heteroatoms. The Labute approximate surface area is 179 Å². The van der Waals surface area contributed by atoms with Crippen molar-refractivity contribution in [1.29, 1.82) is 0 Å². The summed E-state index contributed by atoms with van der Waals surface area (Å²) in [7, 11) is 0. The first kappa shape index (κ1) is 17.3. The lowest BCUT2D eigenvalue weighted by atomic mass is 10.0. The number of rotatable bonds is 3. The zero-order valence-electron chi connectivity index (χ0n) is 16.3. The van der Waals surface area contributed by atoms with E-state index in [0.717, 1.165) is 11.4 Å². The quantitative estimate of drug-likeness (QED) is 0.313. The highest BCUT2D eigenvalue weighted by Crippen LogP contribution is 2.43. The highest BCUT2D eigenvalue weighted by atomic mass is 32.1. The first-order valence-electron chi connectivity index (χ1n) is 10.1. The predicted octanol–water partition coefficient (Wildman–Crippen LogP) is 8.62. The molecule has 142 valence electrons. The van der Waals surface area contributed by atoms with Crippen LogP contribution in [0.4, 0.5) is 11.4 Å². The van der Waals surface area contributed by atoms with Crippen molar-refractivity contribution in [1.82, 2.24) is 0 Å². The number of fused-ring (bicyclic) bond motifs is 5. The first-order chi connectivity index (χ1) is 14.9. The SMILES string of the molecule is c1ccc(-c2cccc(Nc3cc4ccccc4c4c3sc3ccccc34)c2)cc1. The van der Waals surface area contributed by atoms with Gasteiger partial charge in [0.2, 0.25) is 0 Å². The van der Waals surface area contributed by atoms with Gasteiger partial charge in [0.05, 0.1) is 10.4 Å². The van der Waals surface area contributed by atoms with Gasteiger partial charge in [0.1, 0.15) is 0 Å². The standard InChI is InChI=1S/C28H19NS/c1-2-9-19(10-3-1)20-12-8-13-22(17-20)29-25-18-21-11-4-5-14-23(21)27-24-15-6-7-16-26(24)30-28(25)27/h1-18,29H. The van der Waals surface area contributed by atoms with Gasteiger partial charge in [0.15, 0.2) is 0 Å². The topological polar surface area (TPSA) is 12.0 Å². The lowest BCUT2D eigenvalue weighted by Crippen LogP contribution is -1.91. The number of nitrogens with one attached hydrogen (secondary N) is 1. The molecule has 0 saturated heterocycles. The number of benzene rings is 5. The second kappa shape index (κ2) is 7.01. The van der Waals surface area contributed by atoms with Gasteiger partial charge in [-0.15, -0.1) is 11.3 Å². The molecular formula is C28H19NS. The Balaban J connectivity index is 1.55. The molecule has 30 heavy (non-hydrogen) atoms. The van der Waals surface area contributed by atoms with Gasteiger partial charge < -0.3 is 5.32 Å². The van der Waals surface area contributed by atoms with Gasteiger partial charge in [-0.25, -0.2) is 0 Å². The van der Waals surface area contributed by atoms with Gasteiger partial charge in [0.25, 0.3) is 0 Å². The molecule has 1 heterocycles. The Hall–Kier alpha value is -3.62. The van der Waals surface area contributed by atoms with Crippen molar-refractivity contribution in [3.05, 3.63) is 109 Å².